The Bertz CT molecular complexity index is 2350. The van der Waals surface area contributed by atoms with Crippen molar-refractivity contribution in [3.05, 3.63) is 52.1 Å². The number of benzene rings is 1. The third kappa shape index (κ3) is 17.7. The number of anilines is 2. The molecule has 65 heavy (non-hydrogen) atoms. The second-order valence-corrected chi connectivity index (χ2v) is 14.8. The molecule has 1 aromatic carbocycles. The second-order valence-electron chi connectivity index (χ2n) is 14.8. The van der Waals surface area contributed by atoms with Gasteiger partial charge >= 0.3 is 23.9 Å². The smallest absolute Gasteiger partial charge is 0.326 e. The number of guanidine groups is 1. The Hall–Kier alpha value is -8.06. The van der Waals surface area contributed by atoms with Gasteiger partial charge in [0, 0.05) is 43.1 Å². The van der Waals surface area contributed by atoms with Gasteiger partial charge in [-0.2, -0.15) is 4.98 Å². The molecule has 26 heteroatoms. The Morgan fingerprint density at radius 1 is 0.769 bits per heavy atom. The van der Waals surface area contributed by atoms with Crippen LogP contribution in [0.1, 0.15) is 80.8 Å². The molecule has 5 atom stereocenters. The second kappa shape index (κ2) is 24.5. The highest BCUT2D eigenvalue weighted by molar-refractivity contribution is 5.98. The number of carboxylic acids is 4. The maximum absolute atomic E-state index is 13.6. The van der Waals surface area contributed by atoms with E-state index in [1.807, 2.05) is 0 Å². The molecule has 0 bridgehead atoms. The van der Waals surface area contributed by atoms with E-state index < -0.39 is 134 Å². The van der Waals surface area contributed by atoms with Crippen LogP contribution >= 0.6 is 0 Å². The normalized spacial score (nSPS) is 13.2. The molecule has 3 rings (SSSR count). The van der Waals surface area contributed by atoms with Crippen molar-refractivity contribution in [3.63, 3.8) is 0 Å². The lowest BCUT2D eigenvalue weighted by Gasteiger charge is -2.23. The first kappa shape index (κ1) is 51.3. The number of rotatable bonds is 28. The van der Waals surface area contributed by atoms with Crippen LogP contribution in [0.5, 0.6) is 0 Å². The van der Waals surface area contributed by atoms with Crippen LogP contribution in [0, 0.1) is 11.8 Å². The number of aromatic nitrogens is 4. The summed E-state index contributed by atoms with van der Waals surface area (Å²) in [6, 6.07) is 1.84. The van der Waals surface area contributed by atoms with E-state index in [0.717, 1.165) is 0 Å². The number of carbonyl (C=O) groups is 9. The Balaban J connectivity index is 1.65. The van der Waals surface area contributed by atoms with Gasteiger partial charge in [0.15, 0.2) is 22.9 Å². The zero-order chi connectivity index (χ0) is 48.4. The lowest BCUT2D eigenvalue weighted by molar-refractivity contribution is -0.143. The van der Waals surface area contributed by atoms with E-state index in [2.05, 4.69) is 46.2 Å². The van der Waals surface area contributed by atoms with E-state index in [1.54, 1.807) is 0 Å². The molecule has 0 radical (unpaired) electrons. The first-order valence-corrected chi connectivity index (χ1v) is 19.9. The maximum atomic E-state index is 13.6. The van der Waals surface area contributed by atoms with Gasteiger partial charge in [-0.3, -0.25) is 53.1 Å². The number of fused-ring (bicyclic) bond motifs is 1. The van der Waals surface area contributed by atoms with Crippen molar-refractivity contribution in [2.24, 2.45) is 28.3 Å². The molecule has 2 aromatic heterocycles. The summed E-state index contributed by atoms with van der Waals surface area (Å²) in [5, 5.41) is 47.9. The van der Waals surface area contributed by atoms with Gasteiger partial charge in [0.1, 0.15) is 11.8 Å². The molecule has 26 nitrogen and oxygen atoms in total. The number of hydrogen-bond acceptors (Lipinski definition) is 16. The molecule has 0 saturated heterocycles. The van der Waals surface area contributed by atoms with Crippen LogP contribution in [0.25, 0.3) is 11.2 Å². The van der Waals surface area contributed by atoms with Crippen molar-refractivity contribution in [3.8, 4) is 0 Å². The summed E-state index contributed by atoms with van der Waals surface area (Å²) in [4.78, 5) is 143. The van der Waals surface area contributed by atoms with Crippen LogP contribution in [0.15, 0.2) is 40.2 Å². The topological polar surface area (TPSA) is 445 Å². The van der Waals surface area contributed by atoms with E-state index >= 15 is 0 Å². The largest absolute Gasteiger partial charge is 0.481 e. The summed E-state index contributed by atoms with van der Waals surface area (Å²) in [7, 11) is 0. The number of nitrogens with two attached hydrogens (primary N) is 3. The highest BCUT2D eigenvalue weighted by atomic mass is 16.4. The molecule has 350 valence electrons. The fourth-order valence-electron chi connectivity index (χ4n) is 6.27. The minimum atomic E-state index is -1.59. The predicted octanol–water partition coefficient (Wildman–Crippen LogP) is -1.51. The number of carbonyl (C=O) groups excluding carboxylic acids is 5. The molecular formula is C39H50N12O14. The third-order valence-corrected chi connectivity index (χ3v) is 9.45. The van der Waals surface area contributed by atoms with Gasteiger partial charge in [0.2, 0.25) is 17.8 Å². The first-order chi connectivity index (χ1) is 30.6. The number of nitrogen functional groups attached to an aromatic ring is 1. The zero-order valence-electron chi connectivity index (χ0n) is 34.9. The van der Waals surface area contributed by atoms with Crippen molar-refractivity contribution < 1.29 is 63.6 Å². The average Bonchev–Trinajstić information content (AvgIpc) is 3.21. The zero-order valence-corrected chi connectivity index (χ0v) is 34.9. The number of aliphatic carboxylic acids is 4. The number of aliphatic imine (C=N–C) groups is 1. The van der Waals surface area contributed by atoms with E-state index in [-0.39, 0.29) is 54.6 Å². The van der Waals surface area contributed by atoms with Crippen LogP contribution in [0.3, 0.4) is 0 Å². The fourth-order valence-corrected chi connectivity index (χ4v) is 6.27. The van der Waals surface area contributed by atoms with Crippen LogP contribution in [-0.2, 0) is 44.9 Å². The highest BCUT2D eigenvalue weighted by Gasteiger charge is 2.33. The molecule has 0 unspecified atom stereocenters. The average molecular weight is 911 g/mol. The summed E-state index contributed by atoms with van der Waals surface area (Å²) in [6.07, 6.45) is -3.40. The molecule has 0 aliphatic heterocycles. The van der Waals surface area contributed by atoms with Crippen molar-refractivity contribution in [2.75, 3.05) is 17.6 Å². The van der Waals surface area contributed by atoms with Gasteiger partial charge in [0.25, 0.3) is 11.5 Å². The molecule has 0 fully saturated rings. The molecule has 3 amide bonds. The van der Waals surface area contributed by atoms with E-state index in [0.29, 0.717) is 11.4 Å². The van der Waals surface area contributed by atoms with Crippen molar-refractivity contribution >= 4 is 81.9 Å². The molecular weight excluding hydrogens is 860 g/mol. The SMILES string of the molecule is C[C@H](CC(=O)O)NC(=O)[C@H](CC(=O)O)CC(=O)[C@H](CCCN=C(N)N)NC(=O)[C@H](CC(=O)O)CC(=O)CC[C@H](NC(=O)c1ccc(NCc2cnc3nc(N)[nH]c(=O)c3n2)cc1)C(=O)O. The minimum Gasteiger partial charge on any atom is -0.481 e. The summed E-state index contributed by atoms with van der Waals surface area (Å²) < 4.78 is 0. The summed E-state index contributed by atoms with van der Waals surface area (Å²) in [5.41, 5.74) is 16.7. The number of carboxylic acid groups (broad SMARTS) is 4. The lowest BCUT2D eigenvalue weighted by Crippen LogP contribution is -2.46. The number of ketones is 2. The molecule has 15 N–H and O–H groups in total. The standard InChI is InChI=1S/C39H50N12O14/c1-18(11-28(54)55)46-34(61)21(15-30(58)59)13-27(53)25(3-2-10-43-38(40)41)48-35(62)20(14-29(56)57)12-24(52)8-9-26(37(64)65)49-33(60)19-4-6-22(7-5-19)44-16-23-17-45-32-31(47-23)36(63)51-39(42)50-32/h4-7,17-18,20-21,25-26,44H,2-3,8-16H2,1H3,(H,46,61)(H,48,62)(H,49,60)(H,54,55)(H,56,57)(H,58,59)(H,64,65)(H4,40,41,43)(H3,42,45,50,51,63)/t18-,20+,21+,25+,26+/m1/s1. The Morgan fingerprint density at radius 3 is 1.98 bits per heavy atom. The molecule has 0 spiro atoms. The lowest BCUT2D eigenvalue weighted by atomic mass is 9.91. The number of aromatic amines is 1. The summed E-state index contributed by atoms with van der Waals surface area (Å²) in [6.45, 7) is 1.45. The molecule has 0 aliphatic carbocycles. The van der Waals surface area contributed by atoms with Crippen LogP contribution < -0.4 is 44.0 Å². The Kier molecular flexibility index (Phi) is 19.4. The maximum Gasteiger partial charge on any atom is 0.326 e. The molecule has 3 aromatic rings. The number of nitrogens with one attached hydrogen (secondary N) is 5. The van der Waals surface area contributed by atoms with Gasteiger partial charge in [-0.1, -0.05) is 0 Å². The minimum absolute atomic E-state index is 0.0176. The van der Waals surface area contributed by atoms with Crippen LogP contribution in [0.2, 0.25) is 0 Å². The van der Waals surface area contributed by atoms with Crippen molar-refractivity contribution in [1.82, 2.24) is 35.9 Å². The first-order valence-electron chi connectivity index (χ1n) is 19.9. The fraction of sp³-hybridized carbons (Fsp3) is 0.436. The number of Topliss-reactive ketones (excluding diaryl/α,β-unsaturated/α-hetero) is 2. The van der Waals surface area contributed by atoms with Gasteiger partial charge in [-0.15, -0.1) is 0 Å². The monoisotopic (exact) mass is 910 g/mol. The van der Waals surface area contributed by atoms with Gasteiger partial charge in [-0.05, 0) is 50.5 Å². The van der Waals surface area contributed by atoms with Gasteiger partial charge < -0.3 is 58.9 Å². The predicted molar refractivity (Wildman–Crippen MR) is 227 cm³/mol. The summed E-state index contributed by atoms with van der Waals surface area (Å²) >= 11 is 0. The molecule has 2 heterocycles. The number of nitrogens with zero attached hydrogens (tertiary/aromatic N) is 4. The number of hydrogen-bond donors (Lipinski definition) is 12. The summed E-state index contributed by atoms with van der Waals surface area (Å²) in [5.74, 6) is -13.6. The van der Waals surface area contributed by atoms with Crippen LogP contribution in [-0.4, -0.2) is 124 Å². The number of amides is 3. The third-order valence-electron chi connectivity index (χ3n) is 9.45. The molecule has 0 aliphatic rings. The van der Waals surface area contributed by atoms with Crippen LogP contribution in [0.4, 0.5) is 11.6 Å². The van der Waals surface area contributed by atoms with Crippen molar-refractivity contribution in [2.45, 2.75) is 89.4 Å². The molecule has 0 saturated carbocycles. The highest BCUT2D eigenvalue weighted by Crippen LogP contribution is 2.19. The van der Waals surface area contributed by atoms with E-state index in [9.17, 15) is 63.3 Å². The van der Waals surface area contributed by atoms with E-state index in [4.69, 9.17) is 22.3 Å². The van der Waals surface area contributed by atoms with Gasteiger partial charge in [0.05, 0.1) is 55.6 Å². The van der Waals surface area contributed by atoms with E-state index in [1.165, 1.54) is 37.4 Å². The van der Waals surface area contributed by atoms with Crippen molar-refractivity contribution in [1.29, 1.82) is 0 Å². The van der Waals surface area contributed by atoms with Gasteiger partial charge in [-0.25, -0.2) is 14.8 Å². The number of H-pyrrole nitrogens is 1. The Labute approximate surface area is 368 Å². The quantitative estimate of drug-likeness (QED) is 0.0224. The Morgan fingerprint density at radius 2 is 1.38 bits per heavy atom.